The normalized spacial score (nSPS) is 24.1. The molecule has 0 saturated carbocycles. The highest BCUT2D eigenvalue weighted by molar-refractivity contribution is 7.16. The Labute approximate surface area is 98.8 Å². The lowest BCUT2D eigenvalue weighted by Crippen LogP contribution is -2.23. The number of hydrogen-bond acceptors (Lipinski definition) is 3. The molecule has 0 radical (unpaired) electrons. The molecule has 2 atom stereocenters. The second kappa shape index (κ2) is 4.83. The molecule has 2 nitrogen and oxygen atoms in total. The van der Waals surface area contributed by atoms with Crippen molar-refractivity contribution in [3.63, 3.8) is 0 Å². The van der Waals surface area contributed by atoms with Gasteiger partial charge in [-0.1, -0.05) is 11.6 Å². The Balaban J connectivity index is 2.08. The van der Waals surface area contributed by atoms with Crippen molar-refractivity contribution in [2.24, 2.45) is 5.92 Å². The Bertz CT molecular complexity index is 312. The van der Waals surface area contributed by atoms with Crippen molar-refractivity contribution in [1.82, 2.24) is 0 Å². The van der Waals surface area contributed by atoms with Crippen LogP contribution in [0.25, 0.3) is 0 Å². The zero-order valence-corrected chi connectivity index (χ0v) is 10.3. The Morgan fingerprint density at radius 2 is 2.47 bits per heavy atom. The van der Waals surface area contributed by atoms with Gasteiger partial charge in [-0.15, -0.1) is 11.3 Å². The summed E-state index contributed by atoms with van der Waals surface area (Å²) in [4.78, 5) is 0.966. The molecule has 2 heterocycles. The highest BCUT2D eigenvalue weighted by Crippen LogP contribution is 2.36. The molecule has 15 heavy (non-hydrogen) atoms. The topological polar surface area (TPSA) is 29.5 Å². The third kappa shape index (κ3) is 2.53. The molecule has 1 aliphatic rings. The van der Waals surface area contributed by atoms with E-state index in [0.29, 0.717) is 6.61 Å². The fourth-order valence-corrected chi connectivity index (χ4v) is 3.17. The zero-order chi connectivity index (χ0) is 10.8. The highest BCUT2D eigenvalue weighted by atomic mass is 35.5. The third-order valence-corrected chi connectivity index (χ3v) is 4.44. The van der Waals surface area contributed by atoms with Crippen molar-refractivity contribution >= 4 is 22.9 Å². The van der Waals surface area contributed by atoms with Crippen LogP contribution in [0.5, 0.6) is 0 Å². The van der Waals surface area contributed by atoms with E-state index < -0.39 is 6.10 Å². The van der Waals surface area contributed by atoms with E-state index in [1.165, 1.54) is 11.3 Å². The first-order valence-electron chi connectivity index (χ1n) is 5.20. The molecule has 0 aromatic carbocycles. The average Bonchev–Trinajstić information content (AvgIpc) is 2.59. The maximum atomic E-state index is 10.2. The first kappa shape index (κ1) is 11.4. The van der Waals surface area contributed by atoms with E-state index in [4.69, 9.17) is 16.3 Å². The van der Waals surface area contributed by atoms with Crippen molar-refractivity contribution < 1.29 is 9.84 Å². The summed E-state index contributed by atoms with van der Waals surface area (Å²) in [7, 11) is 0. The SMILES string of the molecule is Cc1cc(C(O)C2CCCOC2)sc1Cl. The molecule has 0 bridgehead atoms. The lowest BCUT2D eigenvalue weighted by molar-refractivity contribution is -0.00864. The molecule has 4 heteroatoms. The Morgan fingerprint density at radius 1 is 1.67 bits per heavy atom. The van der Waals surface area contributed by atoms with Gasteiger partial charge in [-0.25, -0.2) is 0 Å². The molecule has 0 aliphatic carbocycles. The molecule has 0 amide bonds. The molecule has 2 rings (SSSR count). The Hall–Kier alpha value is -0.0900. The number of rotatable bonds is 2. The van der Waals surface area contributed by atoms with Gasteiger partial charge in [0.05, 0.1) is 17.0 Å². The predicted octanol–water partition coefficient (Wildman–Crippen LogP) is 3.17. The number of aliphatic hydroxyl groups is 1. The van der Waals surface area contributed by atoms with Crippen LogP contribution in [0.15, 0.2) is 6.07 Å². The van der Waals surface area contributed by atoms with E-state index in [1.807, 2.05) is 13.0 Å². The van der Waals surface area contributed by atoms with Gasteiger partial charge in [0, 0.05) is 17.4 Å². The summed E-state index contributed by atoms with van der Waals surface area (Å²) in [5.74, 6) is 0.230. The van der Waals surface area contributed by atoms with E-state index in [2.05, 4.69) is 0 Å². The number of thiophene rings is 1. The van der Waals surface area contributed by atoms with Gasteiger partial charge in [0.1, 0.15) is 0 Å². The Morgan fingerprint density at radius 3 is 3.00 bits per heavy atom. The summed E-state index contributed by atoms with van der Waals surface area (Å²) in [6.45, 7) is 3.45. The largest absolute Gasteiger partial charge is 0.387 e. The van der Waals surface area contributed by atoms with Crippen LogP contribution in [-0.4, -0.2) is 18.3 Å². The molecule has 0 spiro atoms. The summed E-state index contributed by atoms with van der Waals surface area (Å²) < 4.78 is 6.15. The summed E-state index contributed by atoms with van der Waals surface area (Å²) >= 11 is 7.46. The van der Waals surface area contributed by atoms with E-state index in [0.717, 1.165) is 34.2 Å². The molecule has 1 aromatic heterocycles. The predicted molar refractivity (Wildman–Crippen MR) is 62.6 cm³/mol. The standard InChI is InChI=1S/C11H15ClO2S/c1-7-5-9(15-11(7)12)10(13)8-3-2-4-14-6-8/h5,8,10,13H,2-4,6H2,1H3. The van der Waals surface area contributed by atoms with Crippen molar-refractivity contribution in [2.75, 3.05) is 13.2 Å². The number of halogens is 1. The minimum absolute atomic E-state index is 0.230. The van der Waals surface area contributed by atoms with Crippen LogP contribution in [0.4, 0.5) is 0 Å². The van der Waals surface area contributed by atoms with Gasteiger partial charge < -0.3 is 9.84 Å². The summed E-state index contributed by atoms with van der Waals surface area (Å²) in [5, 5.41) is 10.2. The maximum Gasteiger partial charge on any atom is 0.0961 e. The van der Waals surface area contributed by atoms with Gasteiger partial charge in [0.2, 0.25) is 0 Å². The van der Waals surface area contributed by atoms with Gasteiger partial charge in [0.15, 0.2) is 0 Å². The third-order valence-electron chi connectivity index (χ3n) is 2.81. The second-order valence-corrected chi connectivity index (χ2v) is 5.71. The van der Waals surface area contributed by atoms with Gasteiger partial charge >= 0.3 is 0 Å². The number of hydrogen-bond donors (Lipinski definition) is 1. The fourth-order valence-electron chi connectivity index (χ4n) is 1.88. The molecule has 2 unspecified atom stereocenters. The lowest BCUT2D eigenvalue weighted by atomic mass is 9.95. The smallest absolute Gasteiger partial charge is 0.0961 e. The van der Waals surface area contributed by atoms with Crippen LogP contribution in [0.3, 0.4) is 0 Å². The molecule has 1 saturated heterocycles. The second-order valence-electron chi connectivity index (χ2n) is 4.03. The summed E-state index contributed by atoms with van der Waals surface area (Å²) in [6.07, 6.45) is 1.66. The van der Waals surface area contributed by atoms with Crippen molar-refractivity contribution in [1.29, 1.82) is 0 Å². The van der Waals surface area contributed by atoms with E-state index in [-0.39, 0.29) is 5.92 Å². The highest BCUT2D eigenvalue weighted by Gasteiger charge is 2.25. The van der Waals surface area contributed by atoms with Crippen LogP contribution in [0.2, 0.25) is 4.34 Å². The van der Waals surface area contributed by atoms with Gasteiger partial charge in [0.25, 0.3) is 0 Å². The number of ether oxygens (including phenoxy) is 1. The van der Waals surface area contributed by atoms with Crippen LogP contribution in [-0.2, 0) is 4.74 Å². The zero-order valence-electron chi connectivity index (χ0n) is 8.70. The van der Waals surface area contributed by atoms with Gasteiger partial charge in [-0.2, -0.15) is 0 Å². The van der Waals surface area contributed by atoms with E-state index in [1.54, 1.807) is 0 Å². The summed E-state index contributed by atoms with van der Waals surface area (Å²) in [6, 6.07) is 1.98. The van der Waals surface area contributed by atoms with Crippen LogP contribution in [0.1, 0.15) is 29.4 Å². The van der Waals surface area contributed by atoms with Gasteiger partial charge in [-0.3, -0.25) is 0 Å². The monoisotopic (exact) mass is 246 g/mol. The van der Waals surface area contributed by atoms with E-state index >= 15 is 0 Å². The van der Waals surface area contributed by atoms with Crippen LogP contribution in [0, 0.1) is 12.8 Å². The fraction of sp³-hybridized carbons (Fsp3) is 0.636. The molecule has 84 valence electrons. The summed E-state index contributed by atoms with van der Waals surface area (Å²) in [5.41, 5.74) is 1.05. The minimum Gasteiger partial charge on any atom is -0.387 e. The van der Waals surface area contributed by atoms with E-state index in [9.17, 15) is 5.11 Å². The molecule has 1 N–H and O–H groups in total. The minimum atomic E-state index is -0.415. The average molecular weight is 247 g/mol. The van der Waals surface area contributed by atoms with Crippen molar-refractivity contribution in [3.8, 4) is 0 Å². The lowest BCUT2D eigenvalue weighted by Gasteiger charge is -2.25. The quantitative estimate of drug-likeness (QED) is 0.869. The first-order chi connectivity index (χ1) is 7.18. The van der Waals surface area contributed by atoms with Crippen LogP contribution < -0.4 is 0 Å². The molecule has 1 aliphatic heterocycles. The Kier molecular flexibility index (Phi) is 3.67. The molecular weight excluding hydrogens is 232 g/mol. The maximum absolute atomic E-state index is 10.2. The van der Waals surface area contributed by atoms with Gasteiger partial charge in [-0.05, 0) is 31.4 Å². The van der Waals surface area contributed by atoms with Crippen molar-refractivity contribution in [2.45, 2.75) is 25.9 Å². The molecule has 1 aromatic rings. The number of aliphatic hydroxyl groups excluding tert-OH is 1. The molecule has 1 fully saturated rings. The first-order valence-corrected chi connectivity index (χ1v) is 6.39. The van der Waals surface area contributed by atoms with Crippen molar-refractivity contribution in [3.05, 3.63) is 20.8 Å². The van der Waals surface area contributed by atoms with Crippen LogP contribution >= 0.6 is 22.9 Å². The molecular formula is C11H15ClO2S. The number of aryl methyl sites for hydroxylation is 1.